The zero-order valence-electron chi connectivity index (χ0n) is 12.3. The molecule has 1 unspecified atom stereocenters. The predicted octanol–water partition coefficient (Wildman–Crippen LogP) is 2.64. The normalized spacial score (nSPS) is 17.8. The molecule has 0 saturated carbocycles. The fraction of sp³-hybridized carbons (Fsp3) is 0.333. The molecule has 0 bridgehead atoms. The number of carboxylic acids is 1. The number of carbonyl (C=O) groups is 1. The molecule has 2 N–H and O–H groups in total. The molecule has 3 rings (SSSR count). The second kappa shape index (κ2) is 6.73. The average molecular weight is 329 g/mol. The van der Waals surface area contributed by atoms with E-state index in [0.717, 1.165) is 25.1 Å². The van der Waals surface area contributed by atoms with Gasteiger partial charge in [-0.05, 0) is 31.5 Å². The first kappa shape index (κ1) is 15.4. The van der Waals surface area contributed by atoms with Gasteiger partial charge in [-0.1, -0.05) is 6.07 Å². The van der Waals surface area contributed by atoms with Crippen molar-refractivity contribution in [1.82, 2.24) is 14.9 Å². The number of hydrogen-bond donors (Lipinski definition) is 2. The molecule has 1 fully saturated rings. The van der Waals surface area contributed by atoms with E-state index in [4.69, 9.17) is 10.4 Å². The molecule has 1 atom stereocenters. The lowest BCUT2D eigenvalue weighted by molar-refractivity contribution is 0.0691. The molecule has 0 aliphatic carbocycles. The number of hydrogen-bond acceptors (Lipinski definition) is 7. The van der Waals surface area contributed by atoms with Crippen LogP contribution in [0.3, 0.4) is 0 Å². The molecule has 0 radical (unpaired) electrons. The second-order valence-corrected chi connectivity index (χ2v) is 6.06. The van der Waals surface area contributed by atoms with Crippen LogP contribution in [0, 0.1) is 11.3 Å². The van der Waals surface area contributed by atoms with E-state index in [0.29, 0.717) is 17.5 Å². The minimum atomic E-state index is -1.05. The lowest BCUT2D eigenvalue weighted by atomic mass is 10.1. The van der Waals surface area contributed by atoms with E-state index >= 15 is 0 Å². The number of thiazole rings is 1. The van der Waals surface area contributed by atoms with Crippen LogP contribution in [0.15, 0.2) is 23.6 Å². The van der Waals surface area contributed by atoms with E-state index in [9.17, 15) is 4.79 Å². The zero-order chi connectivity index (χ0) is 16.2. The highest BCUT2D eigenvalue weighted by Gasteiger charge is 2.26. The number of carboxylic acid groups (broad SMARTS) is 1. The van der Waals surface area contributed by atoms with Crippen LogP contribution in [0.25, 0.3) is 0 Å². The number of likely N-dealkylation sites (tertiary alicyclic amines) is 1. The lowest BCUT2D eigenvalue weighted by Gasteiger charge is -2.21. The average Bonchev–Trinajstić information content (AvgIpc) is 3.17. The van der Waals surface area contributed by atoms with Crippen LogP contribution < -0.4 is 5.32 Å². The van der Waals surface area contributed by atoms with E-state index in [1.807, 2.05) is 18.2 Å². The van der Waals surface area contributed by atoms with E-state index in [2.05, 4.69) is 26.3 Å². The number of anilines is 2. The fourth-order valence-electron chi connectivity index (χ4n) is 2.69. The van der Waals surface area contributed by atoms with Crippen LogP contribution >= 0.6 is 11.3 Å². The van der Waals surface area contributed by atoms with Gasteiger partial charge in [0, 0.05) is 5.38 Å². The zero-order valence-corrected chi connectivity index (χ0v) is 13.1. The van der Waals surface area contributed by atoms with E-state index in [1.165, 1.54) is 16.7 Å². The van der Waals surface area contributed by atoms with Gasteiger partial charge in [-0.15, -0.1) is 11.3 Å². The summed E-state index contributed by atoms with van der Waals surface area (Å²) in [4.78, 5) is 21.6. The number of aromatic carboxylic acids is 1. The number of nitrogens with one attached hydrogen (secondary N) is 1. The molecular weight excluding hydrogens is 314 g/mol. The van der Waals surface area contributed by atoms with Gasteiger partial charge >= 0.3 is 5.97 Å². The predicted molar refractivity (Wildman–Crippen MR) is 85.8 cm³/mol. The lowest BCUT2D eigenvalue weighted by Crippen LogP contribution is -2.24. The van der Waals surface area contributed by atoms with Gasteiger partial charge in [-0.25, -0.2) is 14.8 Å². The van der Waals surface area contributed by atoms with Crippen molar-refractivity contribution in [1.29, 1.82) is 5.26 Å². The number of rotatable bonds is 5. The van der Waals surface area contributed by atoms with Crippen LogP contribution in [-0.2, 0) is 0 Å². The molecule has 3 heterocycles. The standard InChI is InChI=1S/C15H15N5O2S/c16-6-8-20-7-2-4-12(20)10-3-1-5-13(17-10)19-15-18-11(9-23-15)14(21)22/h1,3,5,9,12H,2,4,7-8H2,(H,21,22)(H,17,18,19). The van der Waals surface area contributed by atoms with Crippen LogP contribution in [-0.4, -0.2) is 39.0 Å². The minimum Gasteiger partial charge on any atom is -0.476 e. The Hall–Kier alpha value is -2.50. The maximum absolute atomic E-state index is 10.9. The van der Waals surface area contributed by atoms with Crippen LogP contribution in [0.5, 0.6) is 0 Å². The molecule has 7 nitrogen and oxygen atoms in total. The molecule has 23 heavy (non-hydrogen) atoms. The Balaban J connectivity index is 1.77. The highest BCUT2D eigenvalue weighted by atomic mass is 32.1. The third kappa shape index (κ3) is 3.47. The summed E-state index contributed by atoms with van der Waals surface area (Å²) < 4.78 is 0. The summed E-state index contributed by atoms with van der Waals surface area (Å²) in [5.41, 5.74) is 0.933. The van der Waals surface area contributed by atoms with E-state index < -0.39 is 5.97 Å². The first-order valence-electron chi connectivity index (χ1n) is 7.21. The summed E-state index contributed by atoms with van der Waals surface area (Å²) in [5, 5.41) is 22.8. The maximum atomic E-state index is 10.9. The van der Waals surface area contributed by atoms with Crippen molar-refractivity contribution in [3.05, 3.63) is 35.0 Å². The molecule has 8 heteroatoms. The van der Waals surface area contributed by atoms with Crippen LogP contribution in [0.4, 0.5) is 10.9 Å². The van der Waals surface area contributed by atoms with Gasteiger partial charge < -0.3 is 10.4 Å². The number of pyridine rings is 1. The highest BCUT2D eigenvalue weighted by Crippen LogP contribution is 2.31. The Bertz CT molecular complexity index is 754. The Kier molecular flexibility index (Phi) is 4.50. The van der Waals surface area contributed by atoms with Crippen molar-refractivity contribution >= 4 is 28.3 Å². The van der Waals surface area contributed by atoms with Crippen molar-refractivity contribution in [3.63, 3.8) is 0 Å². The largest absolute Gasteiger partial charge is 0.476 e. The smallest absolute Gasteiger partial charge is 0.355 e. The third-order valence-corrected chi connectivity index (χ3v) is 4.47. The van der Waals surface area contributed by atoms with Gasteiger partial charge in [0.05, 0.1) is 24.3 Å². The molecule has 1 aliphatic heterocycles. The Labute approximate surface area is 137 Å². The van der Waals surface area contributed by atoms with E-state index in [1.54, 1.807) is 0 Å². The number of nitrogens with zero attached hydrogens (tertiary/aromatic N) is 4. The van der Waals surface area contributed by atoms with E-state index in [-0.39, 0.29) is 11.7 Å². The first-order valence-corrected chi connectivity index (χ1v) is 8.09. The second-order valence-electron chi connectivity index (χ2n) is 5.20. The minimum absolute atomic E-state index is 0.0182. The monoisotopic (exact) mass is 329 g/mol. The molecule has 1 aliphatic rings. The van der Waals surface area contributed by atoms with Crippen molar-refractivity contribution in [3.8, 4) is 6.07 Å². The topological polar surface area (TPSA) is 102 Å². The SMILES string of the molecule is N#CCN1CCCC1c1cccc(Nc2nc(C(=O)O)cs2)n1. The van der Waals surface area contributed by atoms with Gasteiger partial charge in [0.25, 0.3) is 0 Å². The number of aromatic nitrogens is 2. The molecule has 2 aromatic rings. The van der Waals surface area contributed by atoms with Gasteiger partial charge in [0.15, 0.2) is 10.8 Å². The molecule has 0 aromatic carbocycles. The van der Waals surface area contributed by atoms with Gasteiger partial charge in [0.2, 0.25) is 0 Å². The maximum Gasteiger partial charge on any atom is 0.355 e. The van der Waals surface area contributed by atoms with Gasteiger partial charge in [-0.2, -0.15) is 5.26 Å². The summed E-state index contributed by atoms with van der Waals surface area (Å²) in [5.74, 6) is -0.424. The summed E-state index contributed by atoms with van der Waals surface area (Å²) in [6.07, 6.45) is 2.04. The van der Waals surface area contributed by atoms with Crippen molar-refractivity contribution in [2.75, 3.05) is 18.4 Å². The Morgan fingerprint density at radius 2 is 2.39 bits per heavy atom. The molecule has 0 spiro atoms. The molecule has 0 amide bonds. The quantitative estimate of drug-likeness (QED) is 0.813. The summed E-state index contributed by atoms with van der Waals surface area (Å²) in [6, 6.07) is 8.02. The molecule has 1 saturated heterocycles. The summed E-state index contributed by atoms with van der Waals surface area (Å²) >= 11 is 1.22. The summed E-state index contributed by atoms with van der Waals surface area (Å²) in [7, 11) is 0. The van der Waals surface area contributed by atoms with Gasteiger partial charge in [-0.3, -0.25) is 4.90 Å². The molecule has 118 valence electrons. The Morgan fingerprint density at radius 1 is 1.52 bits per heavy atom. The van der Waals surface area contributed by atoms with Crippen molar-refractivity contribution in [2.24, 2.45) is 0 Å². The van der Waals surface area contributed by atoms with Crippen molar-refractivity contribution in [2.45, 2.75) is 18.9 Å². The first-order chi connectivity index (χ1) is 11.2. The van der Waals surface area contributed by atoms with Crippen LogP contribution in [0.1, 0.15) is 35.1 Å². The summed E-state index contributed by atoms with van der Waals surface area (Å²) in [6.45, 7) is 1.31. The van der Waals surface area contributed by atoms with Gasteiger partial charge in [0.1, 0.15) is 5.82 Å². The van der Waals surface area contributed by atoms with Crippen molar-refractivity contribution < 1.29 is 9.90 Å². The number of nitriles is 1. The van der Waals surface area contributed by atoms with Crippen LogP contribution in [0.2, 0.25) is 0 Å². The Morgan fingerprint density at radius 3 is 3.13 bits per heavy atom. The highest BCUT2D eigenvalue weighted by molar-refractivity contribution is 7.14. The molecule has 2 aromatic heterocycles. The fourth-order valence-corrected chi connectivity index (χ4v) is 3.38. The molecular formula is C15H15N5O2S. The third-order valence-electron chi connectivity index (χ3n) is 3.71.